The highest BCUT2D eigenvalue weighted by molar-refractivity contribution is 7.99. The fourth-order valence-corrected chi connectivity index (χ4v) is 2.43. The van der Waals surface area contributed by atoms with Crippen LogP contribution in [0.4, 0.5) is 0 Å². The van der Waals surface area contributed by atoms with E-state index >= 15 is 0 Å². The van der Waals surface area contributed by atoms with Gasteiger partial charge in [0.15, 0.2) is 0 Å². The highest BCUT2D eigenvalue weighted by Gasteiger charge is 2.03. The Kier molecular flexibility index (Phi) is 5.29. The summed E-state index contributed by atoms with van der Waals surface area (Å²) in [5, 5.41) is 0. The lowest BCUT2D eigenvalue weighted by Crippen LogP contribution is -2.01. The van der Waals surface area contributed by atoms with Crippen LogP contribution in [0, 0.1) is 13.8 Å². The van der Waals surface area contributed by atoms with Crippen molar-refractivity contribution in [1.29, 1.82) is 0 Å². The van der Waals surface area contributed by atoms with Crippen LogP contribution in [0.1, 0.15) is 18.1 Å². The highest BCUT2D eigenvalue weighted by atomic mass is 32.2. The van der Waals surface area contributed by atoms with Crippen molar-refractivity contribution < 1.29 is 9.53 Å². The number of carbonyl (C=O) groups is 1. The van der Waals surface area contributed by atoms with Crippen molar-refractivity contribution in [3.63, 3.8) is 0 Å². The van der Waals surface area contributed by atoms with Crippen LogP contribution >= 0.6 is 11.8 Å². The van der Waals surface area contributed by atoms with E-state index in [1.54, 1.807) is 18.7 Å². The topological polar surface area (TPSA) is 26.3 Å². The fraction of sp³-hybridized carbons (Fsp3) is 0.357. The molecule has 0 unspecified atom stereocenters. The minimum absolute atomic E-state index is 0.258. The molecule has 0 aliphatic carbocycles. The Balaban J connectivity index is 2.59. The Morgan fingerprint density at radius 3 is 2.71 bits per heavy atom. The molecule has 0 spiro atoms. The van der Waals surface area contributed by atoms with E-state index in [-0.39, 0.29) is 5.97 Å². The summed E-state index contributed by atoms with van der Waals surface area (Å²) in [6.45, 7) is 5.96. The third-order valence-corrected chi connectivity index (χ3v) is 3.57. The quantitative estimate of drug-likeness (QED) is 0.464. The van der Waals surface area contributed by atoms with Gasteiger partial charge in [-0.05, 0) is 32.4 Å². The van der Waals surface area contributed by atoms with Gasteiger partial charge in [-0.2, -0.15) is 0 Å². The largest absolute Gasteiger partial charge is 0.466 e. The maximum atomic E-state index is 11.2. The van der Waals surface area contributed by atoms with Crippen molar-refractivity contribution in [2.75, 3.05) is 12.9 Å². The standard InChI is InChI=1S/C14H18O2S/c1-10-5-6-13(12(3)9-10)17-8-7-11(2)14(15)16-4/h5-7,9H,8H2,1-4H3. The zero-order valence-electron chi connectivity index (χ0n) is 10.7. The average molecular weight is 250 g/mol. The number of thioether (sulfide) groups is 1. The van der Waals surface area contributed by atoms with Crippen LogP contribution in [-0.2, 0) is 9.53 Å². The zero-order chi connectivity index (χ0) is 12.8. The lowest BCUT2D eigenvalue weighted by molar-refractivity contribution is -0.136. The number of carbonyl (C=O) groups excluding carboxylic acids is 1. The zero-order valence-corrected chi connectivity index (χ0v) is 11.6. The first-order valence-corrected chi connectivity index (χ1v) is 6.48. The van der Waals surface area contributed by atoms with Gasteiger partial charge in [-0.3, -0.25) is 0 Å². The summed E-state index contributed by atoms with van der Waals surface area (Å²) >= 11 is 1.73. The first kappa shape index (κ1) is 13.8. The van der Waals surface area contributed by atoms with Gasteiger partial charge in [0.25, 0.3) is 0 Å². The van der Waals surface area contributed by atoms with E-state index < -0.39 is 0 Å². The molecular weight excluding hydrogens is 232 g/mol. The van der Waals surface area contributed by atoms with Crippen LogP contribution in [0.3, 0.4) is 0 Å². The first-order chi connectivity index (χ1) is 8.04. The number of benzene rings is 1. The molecule has 0 atom stereocenters. The van der Waals surface area contributed by atoms with E-state index in [4.69, 9.17) is 0 Å². The molecule has 0 fully saturated rings. The molecule has 0 aliphatic rings. The maximum Gasteiger partial charge on any atom is 0.333 e. The van der Waals surface area contributed by atoms with E-state index in [1.807, 2.05) is 6.08 Å². The van der Waals surface area contributed by atoms with Gasteiger partial charge in [0, 0.05) is 16.2 Å². The van der Waals surface area contributed by atoms with Crippen LogP contribution in [0.5, 0.6) is 0 Å². The lowest BCUT2D eigenvalue weighted by Gasteiger charge is -2.05. The Labute approximate surface area is 107 Å². The predicted octanol–water partition coefficient (Wildman–Crippen LogP) is 3.51. The van der Waals surface area contributed by atoms with Crippen molar-refractivity contribution in [3.05, 3.63) is 41.0 Å². The SMILES string of the molecule is COC(=O)C(C)=CCSc1ccc(C)cc1C. The van der Waals surface area contributed by atoms with E-state index in [0.29, 0.717) is 5.57 Å². The molecule has 0 bridgehead atoms. The molecule has 17 heavy (non-hydrogen) atoms. The van der Waals surface area contributed by atoms with Crippen LogP contribution in [0.2, 0.25) is 0 Å². The number of ether oxygens (including phenoxy) is 1. The number of aryl methyl sites for hydroxylation is 2. The fourth-order valence-electron chi connectivity index (χ4n) is 1.46. The second-order valence-electron chi connectivity index (χ2n) is 3.96. The molecule has 0 amide bonds. The smallest absolute Gasteiger partial charge is 0.333 e. The molecule has 1 aromatic carbocycles. The predicted molar refractivity (Wildman–Crippen MR) is 72.4 cm³/mol. The summed E-state index contributed by atoms with van der Waals surface area (Å²) in [6, 6.07) is 6.39. The van der Waals surface area contributed by atoms with Crippen molar-refractivity contribution in [1.82, 2.24) is 0 Å². The van der Waals surface area contributed by atoms with Gasteiger partial charge in [-0.25, -0.2) is 4.79 Å². The van der Waals surface area contributed by atoms with Gasteiger partial charge in [-0.1, -0.05) is 23.8 Å². The third-order valence-electron chi connectivity index (χ3n) is 2.47. The highest BCUT2D eigenvalue weighted by Crippen LogP contribution is 2.23. The number of methoxy groups -OCH3 is 1. The number of hydrogen-bond donors (Lipinski definition) is 0. The van der Waals surface area contributed by atoms with Gasteiger partial charge >= 0.3 is 5.97 Å². The van der Waals surface area contributed by atoms with Crippen LogP contribution in [-0.4, -0.2) is 18.8 Å². The van der Waals surface area contributed by atoms with Crippen LogP contribution in [0.15, 0.2) is 34.7 Å². The van der Waals surface area contributed by atoms with Crippen molar-refractivity contribution in [2.24, 2.45) is 0 Å². The summed E-state index contributed by atoms with van der Waals surface area (Å²) in [5.74, 6) is 0.524. The first-order valence-electron chi connectivity index (χ1n) is 5.49. The summed E-state index contributed by atoms with van der Waals surface area (Å²) in [6.07, 6.45) is 1.90. The second-order valence-corrected chi connectivity index (χ2v) is 5.02. The molecule has 1 aromatic rings. The van der Waals surface area contributed by atoms with Gasteiger partial charge in [0.1, 0.15) is 0 Å². The third kappa shape index (κ3) is 4.27. The van der Waals surface area contributed by atoms with Gasteiger partial charge in [0.2, 0.25) is 0 Å². The maximum absolute atomic E-state index is 11.2. The Bertz CT molecular complexity index is 436. The molecule has 2 nitrogen and oxygen atoms in total. The minimum atomic E-state index is -0.258. The lowest BCUT2D eigenvalue weighted by atomic mass is 10.2. The molecule has 0 heterocycles. The van der Waals surface area contributed by atoms with Crippen molar-refractivity contribution >= 4 is 17.7 Å². The number of hydrogen-bond acceptors (Lipinski definition) is 3. The molecule has 1 rings (SSSR count). The molecule has 0 saturated heterocycles. The second kappa shape index (κ2) is 6.50. The van der Waals surface area contributed by atoms with Crippen molar-refractivity contribution in [2.45, 2.75) is 25.7 Å². The molecule has 0 aliphatic heterocycles. The van der Waals surface area contributed by atoms with Crippen LogP contribution in [0.25, 0.3) is 0 Å². The molecule has 0 saturated carbocycles. The Morgan fingerprint density at radius 1 is 1.41 bits per heavy atom. The summed E-state index contributed by atoms with van der Waals surface area (Å²) in [7, 11) is 1.40. The van der Waals surface area contributed by atoms with E-state index in [1.165, 1.54) is 23.1 Å². The summed E-state index contributed by atoms with van der Waals surface area (Å²) < 4.78 is 4.64. The van der Waals surface area contributed by atoms with Gasteiger partial charge < -0.3 is 4.74 Å². The number of rotatable bonds is 4. The molecule has 0 aromatic heterocycles. The molecular formula is C14H18O2S. The van der Waals surface area contributed by atoms with E-state index in [9.17, 15) is 4.79 Å². The Hall–Kier alpha value is -1.22. The molecule has 0 radical (unpaired) electrons. The molecule has 92 valence electrons. The number of esters is 1. The Morgan fingerprint density at radius 2 is 2.12 bits per heavy atom. The van der Waals surface area contributed by atoms with E-state index in [2.05, 4.69) is 36.8 Å². The van der Waals surface area contributed by atoms with Gasteiger partial charge in [0.05, 0.1) is 7.11 Å². The monoisotopic (exact) mass is 250 g/mol. The molecule has 3 heteroatoms. The van der Waals surface area contributed by atoms with Crippen molar-refractivity contribution in [3.8, 4) is 0 Å². The summed E-state index contributed by atoms with van der Waals surface area (Å²) in [4.78, 5) is 12.4. The molecule has 0 N–H and O–H groups in total. The van der Waals surface area contributed by atoms with Crippen LogP contribution < -0.4 is 0 Å². The normalized spacial score (nSPS) is 11.4. The average Bonchev–Trinajstić information content (AvgIpc) is 2.30. The minimum Gasteiger partial charge on any atom is -0.466 e. The summed E-state index contributed by atoms with van der Waals surface area (Å²) in [5.41, 5.74) is 3.21. The van der Waals surface area contributed by atoms with E-state index in [0.717, 1.165) is 5.75 Å². The van der Waals surface area contributed by atoms with Gasteiger partial charge in [-0.15, -0.1) is 11.8 Å².